The van der Waals surface area contributed by atoms with E-state index in [1.54, 1.807) is 0 Å². The number of carbonyl (C=O) groups excluding carboxylic acids is 3. The summed E-state index contributed by atoms with van der Waals surface area (Å²) in [7, 11) is 0. The highest BCUT2D eigenvalue weighted by Gasteiger charge is 2.28. The maximum atomic E-state index is 11.2. The highest BCUT2D eigenvalue weighted by atomic mass is 16.7. The molecule has 16 heavy (non-hydrogen) atoms. The Bertz CT molecular complexity index is 332. The van der Waals surface area contributed by atoms with Crippen molar-refractivity contribution >= 4 is 17.7 Å². The second kappa shape index (κ2) is 5.41. The summed E-state index contributed by atoms with van der Waals surface area (Å²) in [6, 6.07) is 0. The van der Waals surface area contributed by atoms with E-state index in [-0.39, 0.29) is 6.61 Å². The smallest absolute Gasteiger partial charge is 0.305 e. The van der Waals surface area contributed by atoms with Gasteiger partial charge in [0.1, 0.15) is 12.7 Å². The molecule has 0 saturated heterocycles. The van der Waals surface area contributed by atoms with E-state index < -0.39 is 30.1 Å². The molecule has 0 aromatic carbocycles. The molecule has 2 atom stereocenters. The zero-order valence-electron chi connectivity index (χ0n) is 8.97. The maximum absolute atomic E-state index is 11.2. The molecule has 1 aliphatic rings. The van der Waals surface area contributed by atoms with Crippen molar-refractivity contribution in [2.75, 3.05) is 6.61 Å². The van der Waals surface area contributed by atoms with E-state index in [9.17, 15) is 14.4 Å². The van der Waals surface area contributed by atoms with E-state index in [4.69, 9.17) is 9.47 Å². The van der Waals surface area contributed by atoms with Gasteiger partial charge in [0.15, 0.2) is 0 Å². The number of ketones is 1. The molecule has 0 amide bonds. The highest BCUT2D eigenvalue weighted by Crippen LogP contribution is 2.11. The summed E-state index contributed by atoms with van der Waals surface area (Å²) in [6.45, 7) is 2.42. The van der Waals surface area contributed by atoms with Crippen LogP contribution in [0.4, 0.5) is 0 Å². The molecule has 0 bridgehead atoms. The molecule has 0 fully saturated rings. The molecule has 0 aromatic heterocycles. The molecule has 0 spiro atoms. The van der Waals surface area contributed by atoms with Gasteiger partial charge in [0, 0.05) is 13.8 Å². The lowest BCUT2D eigenvalue weighted by atomic mass is 10.2. The van der Waals surface area contributed by atoms with Crippen molar-refractivity contribution < 1.29 is 28.6 Å². The van der Waals surface area contributed by atoms with Crippen LogP contribution in [0.2, 0.25) is 0 Å². The molecule has 0 radical (unpaired) electrons. The van der Waals surface area contributed by atoms with Crippen LogP contribution in [0.1, 0.15) is 13.8 Å². The van der Waals surface area contributed by atoms with Gasteiger partial charge in [-0.05, 0) is 12.2 Å². The van der Waals surface area contributed by atoms with Crippen molar-refractivity contribution in [3.63, 3.8) is 0 Å². The highest BCUT2D eigenvalue weighted by molar-refractivity contribution is 5.94. The van der Waals surface area contributed by atoms with Crippen LogP contribution in [-0.4, -0.2) is 36.7 Å². The summed E-state index contributed by atoms with van der Waals surface area (Å²) in [5.41, 5.74) is 0. The van der Waals surface area contributed by atoms with Gasteiger partial charge in [-0.25, -0.2) is 0 Å². The third-order valence-electron chi connectivity index (χ3n) is 1.73. The van der Waals surface area contributed by atoms with Crippen LogP contribution < -0.4 is 0 Å². The van der Waals surface area contributed by atoms with Gasteiger partial charge in [-0.1, -0.05) is 0 Å². The Labute approximate surface area is 92.2 Å². The van der Waals surface area contributed by atoms with E-state index in [0.717, 1.165) is 0 Å². The van der Waals surface area contributed by atoms with Crippen LogP contribution in [-0.2, 0) is 28.6 Å². The average molecular weight is 228 g/mol. The van der Waals surface area contributed by atoms with Gasteiger partial charge in [-0.15, -0.1) is 0 Å². The largest absolute Gasteiger partial charge is 0.463 e. The maximum Gasteiger partial charge on any atom is 0.305 e. The molecule has 88 valence electrons. The SMILES string of the molecule is CC(=O)OC[C@@H]1C=CC(=O)[C@@H](OC(C)=O)O1. The molecule has 1 aliphatic heterocycles. The Hall–Kier alpha value is -1.69. The van der Waals surface area contributed by atoms with Crippen LogP contribution in [0.15, 0.2) is 12.2 Å². The van der Waals surface area contributed by atoms with Gasteiger partial charge in [-0.2, -0.15) is 0 Å². The van der Waals surface area contributed by atoms with Gasteiger partial charge in [-0.3, -0.25) is 14.4 Å². The Kier molecular flexibility index (Phi) is 4.19. The fourth-order valence-corrected chi connectivity index (χ4v) is 1.08. The Morgan fingerprint density at radius 1 is 1.38 bits per heavy atom. The summed E-state index contributed by atoms with van der Waals surface area (Å²) >= 11 is 0. The van der Waals surface area contributed by atoms with Crippen molar-refractivity contribution in [1.29, 1.82) is 0 Å². The monoisotopic (exact) mass is 228 g/mol. The fourth-order valence-electron chi connectivity index (χ4n) is 1.08. The molecular formula is C10H12O6. The molecule has 6 heteroatoms. The number of esters is 2. The number of rotatable bonds is 3. The summed E-state index contributed by atoms with van der Waals surface area (Å²) in [4.78, 5) is 32.4. The molecular weight excluding hydrogens is 216 g/mol. The Morgan fingerprint density at radius 3 is 2.62 bits per heavy atom. The number of carbonyl (C=O) groups is 3. The second-order valence-electron chi connectivity index (χ2n) is 3.18. The van der Waals surface area contributed by atoms with Crippen molar-refractivity contribution in [1.82, 2.24) is 0 Å². The van der Waals surface area contributed by atoms with Crippen molar-refractivity contribution in [2.45, 2.75) is 26.2 Å². The van der Waals surface area contributed by atoms with Crippen molar-refractivity contribution in [3.05, 3.63) is 12.2 Å². The van der Waals surface area contributed by atoms with Crippen LogP contribution in [0, 0.1) is 0 Å². The minimum atomic E-state index is -1.25. The topological polar surface area (TPSA) is 78.9 Å². The fraction of sp³-hybridized carbons (Fsp3) is 0.500. The van der Waals surface area contributed by atoms with E-state index in [1.165, 1.54) is 26.0 Å². The molecule has 1 rings (SSSR count). The van der Waals surface area contributed by atoms with Gasteiger partial charge >= 0.3 is 11.9 Å². The normalized spacial score (nSPS) is 24.0. The van der Waals surface area contributed by atoms with Crippen molar-refractivity contribution in [2.24, 2.45) is 0 Å². The zero-order valence-corrected chi connectivity index (χ0v) is 8.97. The van der Waals surface area contributed by atoms with Crippen LogP contribution in [0.3, 0.4) is 0 Å². The van der Waals surface area contributed by atoms with E-state index in [1.807, 2.05) is 0 Å². The molecule has 0 aromatic rings. The molecule has 6 nitrogen and oxygen atoms in total. The van der Waals surface area contributed by atoms with E-state index in [0.29, 0.717) is 0 Å². The minimum Gasteiger partial charge on any atom is -0.463 e. The predicted molar refractivity (Wildman–Crippen MR) is 51.2 cm³/mol. The first kappa shape index (κ1) is 12.4. The molecule has 0 aliphatic carbocycles. The third-order valence-corrected chi connectivity index (χ3v) is 1.73. The molecule has 0 unspecified atom stereocenters. The van der Waals surface area contributed by atoms with E-state index >= 15 is 0 Å². The van der Waals surface area contributed by atoms with Gasteiger partial charge in [0.2, 0.25) is 5.78 Å². The lowest BCUT2D eigenvalue weighted by molar-refractivity contribution is -0.192. The minimum absolute atomic E-state index is 0.0170. The van der Waals surface area contributed by atoms with Gasteiger partial charge in [0.05, 0.1) is 0 Å². The lowest BCUT2D eigenvalue weighted by Gasteiger charge is -2.23. The number of hydrogen-bond acceptors (Lipinski definition) is 6. The number of ether oxygens (including phenoxy) is 3. The standard InChI is InChI=1S/C10H12O6/c1-6(11)14-5-8-3-4-9(13)10(16-8)15-7(2)12/h3-4,8,10H,5H2,1-2H3/t8-,10-/m0/s1. The van der Waals surface area contributed by atoms with Crippen LogP contribution in [0.25, 0.3) is 0 Å². The quantitative estimate of drug-likeness (QED) is 0.631. The first-order chi connectivity index (χ1) is 7.49. The molecule has 0 saturated carbocycles. The van der Waals surface area contributed by atoms with Gasteiger partial charge in [0.25, 0.3) is 6.29 Å². The third kappa shape index (κ3) is 3.82. The lowest BCUT2D eigenvalue weighted by Crippen LogP contribution is -2.37. The molecule has 0 N–H and O–H groups in total. The Balaban J connectivity index is 2.52. The molecule has 1 heterocycles. The van der Waals surface area contributed by atoms with E-state index in [2.05, 4.69) is 4.74 Å². The van der Waals surface area contributed by atoms with Crippen LogP contribution in [0.5, 0.6) is 0 Å². The number of hydrogen-bond donors (Lipinski definition) is 0. The van der Waals surface area contributed by atoms with Crippen LogP contribution >= 0.6 is 0 Å². The van der Waals surface area contributed by atoms with Gasteiger partial charge < -0.3 is 14.2 Å². The summed E-state index contributed by atoms with van der Waals surface area (Å²) in [5.74, 6) is -1.51. The summed E-state index contributed by atoms with van der Waals surface area (Å²) < 4.78 is 14.4. The summed E-state index contributed by atoms with van der Waals surface area (Å²) in [5, 5.41) is 0. The predicted octanol–water partition coefficient (Wildman–Crippen LogP) is -0.0372. The average Bonchev–Trinajstić information content (AvgIpc) is 2.18. The second-order valence-corrected chi connectivity index (χ2v) is 3.18. The zero-order chi connectivity index (χ0) is 12.1. The van der Waals surface area contributed by atoms with Crippen molar-refractivity contribution in [3.8, 4) is 0 Å². The summed E-state index contributed by atoms with van der Waals surface area (Å²) in [6.07, 6.45) is 0.866. The first-order valence-corrected chi connectivity index (χ1v) is 4.67. The first-order valence-electron chi connectivity index (χ1n) is 4.67. The Morgan fingerprint density at radius 2 is 2.06 bits per heavy atom.